The summed E-state index contributed by atoms with van der Waals surface area (Å²) in [5.74, 6) is 1.46. The second kappa shape index (κ2) is 10.7. The normalized spacial score (nSPS) is 21.4. The second-order valence-electron chi connectivity index (χ2n) is 8.50. The Labute approximate surface area is 184 Å². The fourth-order valence-corrected chi connectivity index (χ4v) is 4.18. The van der Waals surface area contributed by atoms with Gasteiger partial charge < -0.3 is 21.1 Å². The van der Waals surface area contributed by atoms with Crippen LogP contribution in [0.3, 0.4) is 0 Å². The van der Waals surface area contributed by atoms with Gasteiger partial charge >= 0.3 is 0 Å². The van der Waals surface area contributed by atoms with Crippen LogP contribution in [-0.4, -0.2) is 51.8 Å². The van der Waals surface area contributed by atoms with Gasteiger partial charge in [0, 0.05) is 31.5 Å². The standard InChI is InChI=1S/C24H34N6O/c1-2-3-12-26-24-28-16-21(23(30-24)29-19-5-7-20(31)8-6-19)22-9-4-18(15-27-22)17-10-13-25-14-11-17/h4,9-10,15-16,19-20,25,31H,2-3,5-8,11-14H2,1H3,(H2,26,28,29,30). The Hall–Kier alpha value is -2.51. The van der Waals surface area contributed by atoms with E-state index in [4.69, 9.17) is 9.97 Å². The Morgan fingerprint density at radius 2 is 2.00 bits per heavy atom. The minimum atomic E-state index is -0.173. The summed E-state index contributed by atoms with van der Waals surface area (Å²) in [7, 11) is 0. The number of unbranched alkanes of at least 4 members (excludes halogenated alkanes) is 1. The van der Waals surface area contributed by atoms with E-state index in [0.717, 1.165) is 81.7 Å². The number of aliphatic hydroxyl groups excluding tert-OH is 1. The highest BCUT2D eigenvalue weighted by atomic mass is 16.3. The number of nitrogens with zero attached hydrogens (tertiary/aromatic N) is 3. The topological polar surface area (TPSA) is 95.0 Å². The molecule has 7 heteroatoms. The number of hydrogen-bond acceptors (Lipinski definition) is 7. The summed E-state index contributed by atoms with van der Waals surface area (Å²) in [6.07, 6.45) is 12.7. The van der Waals surface area contributed by atoms with E-state index in [2.05, 4.69) is 46.1 Å². The lowest BCUT2D eigenvalue weighted by Crippen LogP contribution is -2.29. The van der Waals surface area contributed by atoms with E-state index in [1.165, 1.54) is 11.1 Å². The molecule has 3 heterocycles. The number of aromatic nitrogens is 3. The van der Waals surface area contributed by atoms with E-state index < -0.39 is 0 Å². The lowest BCUT2D eigenvalue weighted by molar-refractivity contribution is 0.126. The average Bonchev–Trinajstić information content (AvgIpc) is 2.82. The Balaban J connectivity index is 1.56. The SMILES string of the molecule is CCCCNc1ncc(-c2ccc(C3=CCNCC3)cn2)c(NC2CCC(O)CC2)n1. The molecule has 1 fully saturated rings. The third-order valence-electron chi connectivity index (χ3n) is 6.11. The van der Waals surface area contributed by atoms with Crippen LogP contribution in [0.1, 0.15) is 57.4 Å². The number of pyridine rings is 1. The van der Waals surface area contributed by atoms with Crippen molar-refractivity contribution in [1.82, 2.24) is 20.3 Å². The molecule has 1 aliphatic carbocycles. The maximum atomic E-state index is 9.84. The van der Waals surface area contributed by atoms with Crippen LogP contribution in [-0.2, 0) is 0 Å². The van der Waals surface area contributed by atoms with Crippen LogP contribution in [0.25, 0.3) is 16.8 Å². The van der Waals surface area contributed by atoms with E-state index in [0.29, 0.717) is 12.0 Å². The zero-order chi connectivity index (χ0) is 21.5. The molecule has 0 amide bonds. The molecule has 0 bridgehead atoms. The number of aliphatic hydroxyl groups is 1. The Bertz CT molecular complexity index is 874. The van der Waals surface area contributed by atoms with Gasteiger partial charge in [-0.15, -0.1) is 0 Å². The molecule has 4 N–H and O–H groups in total. The highest BCUT2D eigenvalue weighted by Crippen LogP contribution is 2.30. The highest BCUT2D eigenvalue weighted by Gasteiger charge is 2.21. The van der Waals surface area contributed by atoms with E-state index in [-0.39, 0.29) is 6.10 Å². The third-order valence-corrected chi connectivity index (χ3v) is 6.11. The summed E-state index contributed by atoms with van der Waals surface area (Å²) in [6, 6.07) is 4.52. The highest BCUT2D eigenvalue weighted by molar-refractivity contribution is 5.74. The molecule has 0 saturated heterocycles. The molecule has 0 atom stereocenters. The van der Waals surface area contributed by atoms with Gasteiger partial charge in [-0.1, -0.05) is 25.5 Å². The molecule has 2 aromatic heterocycles. The van der Waals surface area contributed by atoms with Gasteiger partial charge in [0.15, 0.2) is 0 Å². The molecule has 2 aromatic rings. The van der Waals surface area contributed by atoms with Gasteiger partial charge in [0.05, 0.1) is 17.4 Å². The quantitative estimate of drug-likeness (QED) is 0.480. The minimum absolute atomic E-state index is 0.173. The second-order valence-corrected chi connectivity index (χ2v) is 8.50. The number of anilines is 2. The number of hydrogen-bond donors (Lipinski definition) is 4. The predicted molar refractivity (Wildman–Crippen MR) is 126 cm³/mol. The van der Waals surface area contributed by atoms with Crippen molar-refractivity contribution < 1.29 is 5.11 Å². The van der Waals surface area contributed by atoms with E-state index in [1.54, 1.807) is 0 Å². The summed E-state index contributed by atoms with van der Waals surface area (Å²) >= 11 is 0. The monoisotopic (exact) mass is 422 g/mol. The van der Waals surface area contributed by atoms with Crippen molar-refractivity contribution >= 4 is 17.3 Å². The summed E-state index contributed by atoms with van der Waals surface area (Å²) in [5, 5.41) is 20.1. The van der Waals surface area contributed by atoms with Crippen molar-refractivity contribution in [2.75, 3.05) is 30.3 Å². The van der Waals surface area contributed by atoms with E-state index >= 15 is 0 Å². The van der Waals surface area contributed by atoms with Gasteiger partial charge in [0.2, 0.25) is 5.95 Å². The first kappa shape index (κ1) is 21.7. The zero-order valence-corrected chi connectivity index (χ0v) is 18.4. The number of rotatable bonds is 8. The maximum absolute atomic E-state index is 9.84. The molecule has 1 saturated carbocycles. The molecule has 0 radical (unpaired) electrons. The molecule has 31 heavy (non-hydrogen) atoms. The van der Waals surface area contributed by atoms with Crippen molar-refractivity contribution in [2.24, 2.45) is 0 Å². The molecular formula is C24H34N6O. The third kappa shape index (κ3) is 5.80. The predicted octanol–water partition coefficient (Wildman–Crippen LogP) is 3.84. The molecule has 166 valence electrons. The van der Waals surface area contributed by atoms with Crippen molar-refractivity contribution in [1.29, 1.82) is 0 Å². The molecule has 2 aliphatic rings. The van der Waals surface area contributed by atoms with Crippen molar-refractivity contribution in [3.05, 3.63) is 36.2 Å². The van der Waals surface area contributed by atoms with Gasteiger partial charge in [-0.25, -0.2) is 4.98 Å². The Morgan fingerprint density at radius 1 is 1.13 bits per heavy atom. The number of nitrogens with one attached hydrogen (secondary N) is 3. The lowest BCUT2D eigenvalue weighted by atomic mass is 9.93. The summed E-state index contributed by atoms with van der Waals surface area (Å²) in [6.45, 7) is 4.97. The summed E-state index contributed by atoms with van der Waals surface area (Å²) in [5.41, 5.74) is 4.32. The molecular weight excluding hydrogens is 388 g/mol. The Kier molecular flexibility index (Phi) is 7.48. The minimum Gasteiger partial charge on any atom is -0.393 e. The molecule has 4 rings (SSSR count). The van der Waals surface area contributed by atoms with Crippen molar-refractivity contribution in [3.8, 4) is 11.3 Å². The van der Waals surface area contributed by atoms with Crippen LogP contribution in [0, 0.1) is 0 Å². The van der Waals surface area contributed by atoms with Crippen LogP contribution in [0.2, 0.25) is 0 Å². The fourth-order valence-electron chi connectivity index (χ4n) is 4.18. The first-order chi connectivity index (χ1) is 15.2. The lowest BCUT2D eigenvalue weighted by Gasteiger charge is -2.27. The van der Waals surface area contributed by atoms with Gasteiger partial charge in [0.25, 0.3) is 0 Å². The molecule has 0 spiro atoms. The van der Waals surface area contributed by atoms with Crippen LogP contribution >= 0.6 is 0 Å². The first-order valence-corrected chi connectivity index (χ1v) is 11.6. The maximum Gasteiger partial charge on any atom is 0.224 e. The van der Waals surface area contributed by atoms with Crippen LogP contribution in [0.5, 0.6) is 0 Å². The average molecular weight is 423 g/mol. The van der Waals surface area contributed by atoms with E-state index in [9.17, 15) is 5.11 Å². The smallest absolute Gasteiger partial charge is 0.224 e. The molecule has 0 aromatic carbocycles. The summed E-state index contributed by atoms with van der Waals surface area (Å²) in [4.78, 5) is 14.1. The molecule has 7 nitrogen and oxygen atoms in total. The largest absolute Gasteiger partial charge is 0.393 e. The molecule has 0 unspecified atom stereocenters. The van der Waals surface area contributed by atoms with Crippen molar-refractivity contribution in [3.63, 3.8) is 0 Å². The van der Waals surface area contributed by atoms with E-state index in [1.807, 2.05) is 12.4 Å². The molecule has 1 aliphatic heterocycles. The first-order valence-electron chi connectivity index (χ1n) is 11.6. The van der Waals surface area contributed by atoms with Crippen LogP contribution in [0.15, 0.2) is 30.6 Å². The van der Waals surface area contributed by atoms with Crippen molar-refractivity contribution in [2.45, 2.75) is 64.0 Å². The fraction of sp³-hybridized carbons (Fsp3) is 0.542. The van der Waals surface area contributed by atoms with Crippen LogP contribution < -0.4 is 16.0 Å². The van der Waals surface area contributed by atoms with Gasteiger partial charge in [0.1, 0.15) is 5.82 Å². The van der Waals surface area contributed by atoms with Crippen LogP contribution in [0.4, 0.5) is 11.8 Å². The van der Waals surface area contributed by atoms with Gasteiger partial charge in [-0.05, 0) is 62.3 Å². The van der Waals surface area contributed by atoms with Gasteiger partial charge in [-0.2, -0.15) is 4.98 Å². The zero-order valence-electron chi connectivity index (χ0n) is 18.4. The summed E-state index contributed by atoms with van der Waals surface area (Å²) < 4.78 is 0. The Morgan fingerprint density at radius 3 is 2.71 bits per heavy atom. The van der Waals surface area contributed by atoms with Gasteiger partial charge in [-0.3, -0.25) is 4.98 Å².